The number of ether oxygens (including phenoxy) is 2. The zero-order chi connectivity index (χ0) is 21.1. The summed E-state index contributed by atoms with van der Waals surface area (Å²) in [6.07, 6.45) is 4.27. The van der Waals surface area contributed by atoms with Crippen molar-refractivity contribution in [2.45, 2.75) is 30.6 Å². The van der Waals surface area contributed by atoms with Gasteiger partial charge in [-0.15, -0.1) is 11.8 Å². The third kappa shape index (κ3) is 4.35. The Labute approximate surface area is 185 Å². The molecule has 1 aliphatic rings. The number of pyridine rings is 1. The number of aryl methyl sites for hydroxylation is 1. The first-order valence-electron chi connectivity index (χ1n) is 9.84. The summed E-state index contributed by atoms with van der Waals surface area (Å²) in [5, 5.41) is 4.63. The Morgan fingerprint density at radius 3 is 2.77 bits per heavy atom. The van der Waals surface area contributed by atoms with E-state index < -0.39 is 0 Å². The molecule has 2 aromatic carbocycles. The number of benzene rings is 2. The molecule has 1 aliphatic carbocycles. The number of carbonyl (C=O) groups excluding carboxylic acids is 1. The summed E-state index contributed by atoms with van der Waals surface area (Å²) >= 11 is 7.81. The van der Waals surface area contributed by atoms with Crippen LogP contribution in [0.1, 0.15) is 24.1 Å². The van der Waals surface area contributed by atoms with Crippen LogP contribution in [0.2, 0.25) is 5.02 Å². The van der Waals surface area contributed by atoms with Crippen LogP contribution in [0, 0.1) is 0 Å². The number of methoxy groups -OCH3 is 2. The summed E-state index contributed by atoms with van der Waals surface area (Å²) in [5.41, 5.74) is 3.96. The summed E-state index contributed by atoms with van der Waals surface area (Å²) in [7, 11) is 3.16. The van der Waals surface area contributed by atoms with Crippen molar-refractivity contribution in [2.24, 2.45) is 0 Å². The maximum Gasteiger partial charge on any atom is 0.234 e. The summed E-state index contributed by atoms with van der Waals surface area (Å²) in [5.74, 6) is 1.42. The first-order valence-corrected chi connectivity index (χ1v) is 11.2. The number of hydrogen-bond acceptors (Lipinski definition) is 5. The lowest BCUT2D eigenvalue weighted by Crippen LogP contribution is -2.15. The molecule has 1 N–H and O–H groups in total. The monoisotopic (exact) mass is 442 g/mol. The second kappa shape index (κ2) is 9.14. The van der Waals surface area contributed by atoms with Crippen molar-refractivity contribution in [2.75, 3.05) is 25.3 Å². The van der Waals surface area contributed by atoms with Gasteiger partial charge in [0.1, 0.15) is 11.5 Å². The molecular weight excluding hydrogens is 420 g/mol. The van der Waals surface area contributed by atoms with E-state index >= 15 is 0 Å². The Morgan fingerprint density at radius 2 is 1.97 bits per heavy atom. The van der Waals surface area contributed by atoms with Crippen molar-refractivity contribution in [3.63, 3.8) is 0 Å². The Morgan fingerprint density at radius 1 is 1.13 bits per heavy atom. The molecule has 156 valence electrons. The molecule has 4 rings (SSSR count). The van der Waals surface area contributed by atoms with Gasteiger partial charge in [-0.2, -0.15) is 0 Å². The van der Waals surface area contributed by atoms with Gasteiger partial charge in [0.05, 0.1) is 31.2 Å². The number of aromatic nitrogens is 1. The van der Waals surface area contributed by atoms with Crippen LogP contribution in [0.3, 0.4) is 0 Å². The second-order valence-electron chi connectivity index (χ2n) is 7.14. The molecule has 0 atom stereocenters. The Balaban J connectivity index is 1.58. The number of nitrogens with one attached hydrogen (secondary N) is 1. The van der Waals surface area contributed by atoms with E-state index in [0.29, 0.717) is 22.2 Å². The number of amides is 1. The normalized spacial score (nSPS) is 13.0. The fourth-order valence-electron chi connectivity index (χ4n) is 3.74. The summed E-state index contributed by atoms with van der Waals surface area (Å²) in [4.78, 5) is 18.7. The van der Waals surface area contributed by atoms with Gasteiger partial charge < -0.3 is 14.8 Å². The average Bonchev–Trinajstić information content (AvgIpc) is 2.77. The van der Waals surface area contributed by atoms with Crippen molar-refractivity contribution in [3.8, 4) is 11.5 Å². The first-order chi connectivity index (χ1) is 14.6. The largest absolute Gasteiger partial charge is 0.497 e. The zero-order valence-electron chi connectivity index (χ0n) is 17.0. The highest BCUT2D eigenvalue weighted by Crippen LogP contribution is 2.37. The average molecular weight is 443 g/mol. The van der Waals surface area contributed by atoms with Crippen LogP contribution in [0.4, 0.5) is 5.69 Å². The number of halogens is 1. The number of nitrogens with zero attached hydrogens (tertiary/aromatic N) is 1. The van der Waals surface area contributed by atoms with Gasteiger partial charge in [-0.1, -0.05) is 11.6 Å². The predicted octanol–water partition coefficient (Wildman–Crippen LogP) is 5.52. The van der Waals surface area contributed by atoms with Gasteiger partial charge in [0.25, 0.3) is 0 Å². The summed E-state index contributed by atoms with van der Waals surface area (Å²) in [6.45, 7) is 0. The zero-order valence-corrected chi connectivity index (χ0v) is 18.5. The minimum Gasteiger partial charge on any atom is -0.497 e. The van der Waals surface area contributed by atoms with E-state index in [9.17, 15) is 4.79 Å². The molecule has 0 spiro atoms. The number of hydrogen-bond donors (Lipinski definition) is 1. The first kappa shape index (κ1) is 20.8. The Kier molecular flexibility index (Phi) is 6.35. The quantitative estimate of drug-likeness (QED) is 0.509. The van der Waals surface area contributed by atoms with E-state index in [2.05, 4.69) is 5.32 Å². The standard InChI is InChI=1S/C23H23ClN2O3S/c1-28-15-8-10-20(21(12-15)29-2)26-22(27)13-30-23-16-5-3-4-6-18(16)25-19-9-7-14(24)11-17(19)23/h7-12H,3-6,13H2,1-2H3,(H,26,27). The van der Waals surface area contributed by atoms with Gasteiger partial charge in [0.2, 0.25) is 5.91 Å². The lowest BCUT2D eigenvalue weighted by molar-refractivity contribution is -0.113. The number of fused-ring (bicyclic) bond motifs is 2. The lowest BCUT2D eigenvalue weighted by atomic mass is 9.94. The van der Waals surface area contributed by atoms with Crippen LogP contribution in [-0.2, 0) is 17.6 Å². The minimum atomic E-state index is -0.0972. The van der Waals surface area contributed by atoms with Crippen LogP contribution in [0.5, 0.6) is 11.5 Å². The van der Waals surface area contributed by atoms with Crippen molar-refractivity contribution in [1.29, 1.82) is 0 Å². The highest BCUT2D eigenvalue weighted by atomic mass is 35.5. The third-order valence-corrected chi connectivity index (χ3v) is 6.60. The highest BCUT2D eigenvalue weighted by Gasteiger charge is 2.20. The van der Waals surface area contributed by atoms with E-state index in [1.165, 1.54) is 5.56 Å². The molecule has 0 fully saturated rings. The molecule has 7 heteroatoms. The molecule has 0 saturated heterocycles. The molecule has 30 heavy (non-hydrogen) atoms. The van der Waals surface area contributed by atoms with Gasteiger partial charge in [-0.25, -0.2) is 0 Å². The molecule has 0 bridgehead atoms. The fourth-order valence-corrected chi connectivity index (χ4v) is 4.98. The molecular formula is C23H23ClN2O3S. The minimum absolute atomic E-state index is 0.0972. The van der Waals surface area contributed by atoms with E-state index in [0.717, 1.165) is 47.2 Å². The van der Waals surface area contributed by atoms with Crippen molar-refractivity contribution < 1.29 is 14.3 Å². The van der Waals surface area contributed by atoms with Crippen molar-refractivity contribution in [3.05, 3.63) is 52.7 Å². The van der Waals surface area contributed by atoms with Crippen LogP contribution in [-0.4, -0.2) is 30.9 Å². The van der Waals surface area contributed by atoms with Crippen LogP contribution < -0.4 is 14.8 Å². The molecule has 1 amide bonds. The second-order valence-corrected chi connectivity index (χ2v) is 8.56. The van der Waals surface area contributed by atoms with Gasteiger partial charge in [-0.05, 0) is 61.6 Å². The Hall–Kier alpha value is -2.44. The Bertz CT molecular complexity index is 1100. The van der Waals surface area contributed by atoms with E-state index in [-0.39, 0.29) is 11.7 Å². The number of anilines is 1. The molecule has 0 aliphatic heterocycles. The maximum absolute atomic E-state index is 12.7. The van der Waals surface area contributed by atoms with Gasteiger partial charge >= 0.3 is 0 Å². The maximum atomic E-state index is 12.7. The highest BCUT2D eigenvalue weighted by molar-refractivity contribution is 8.00. The van der Waals surface area contributed by atoms with Crippen LogP contribution in [0.15, 0.2) is 41.3 Å². The van der Waals surface area contributed by atoms with Crippen molar-refractivity contribution in [1.82, 2.24) is 4.98 Å². The molecule has 5 nitrogen and oxygen atoms in total. The molecule has 0 radical (unpaired) electrons. The number of carbonyl (C=O) groups is 1. The molecule has 3 aromatic rings. The third-order valence-electron chi connectivity index (χ3n) is 5.20. The summed E-state index contributed by atoms with van der Waals surface area (Å²) in [6, 6.07) is 11.1. The SMILES string of the molecule is COc1ccc(NC(=O)CSc2c3c(nc4ccc(Cl)cc24)CCCC3)c(OC)c1. The molecule has 0 unspecified atom stereocenters. The topological polar surface area (TPSA) is 60.5 Å². The fraction of sp³-hybridized carbons (Fsp3) is 0.304. The predicted molar refractivity (Wildman–Crippen MR) is 122 cm³/mol. The number of thioether (sulfide) groups is 1. The number of rotatable bonds is 6. The smallest absolute Gasteiger partial charge is 0.234 e. The van der Waals surface area contributed by atoms with Gasteiger partial charge in [0.15, 0.2) is 0 Å². The van der Waals surface area contributed by atoms with Gasteiger partial charge in [0, 0.05) is 27.1 Å². The van der Waals surface area contributed by atoms with E-state index in [1.54, 1.807) is 44.2 Å². The molecule has 1 aromatic heterocycles. The van der Waals surface area contributed by atoms with E-state index in [4.69, 9.17) is 26.1 Å². The molecule has 1 heterocycles. The molecule has 0 saturated carbocycles. The van der Waals surface area contributed by atoms with Crippen molar-refractivity contribution >= 4 is 45.9 Å². The summed E-state index contributed by atoms with van der Waals surface area (Å²) < 4.78 is 10.6. The lowest BCUT2D eigenvalue weighted by Gasteiger charge is -2.20. The van der Waals surface area contributed by atoms with Crippen LogP contribution in [0.25, 0.3) is 10.9 Å². The van der Waals surface area contributed by atoms with E-state index in [1.807, 2.05) is 18.2 Å². The van der Waals surface area contributed by atoms with Crippen LogP contribution >= 0.6 is 23.4 Å². The van der Waals surface area contributed by atoms with Gasteiger partial charge in [-0.3, -0.25) is 9.78 Å².